The minimum absolute atomic E-state index is 0.118. The number of nitrogens with zero attached hydrogens (tertiary/aromatic N) is 3. The maximum Gasteiger partial charge on any atom is 0.252 e. The van der Waals surface area contributed by atoms with Crippen LogP contribution in [0.25, 0.3) is 6.08 Å². The number of aromatic nitrogens is 2. The maximum atomic E-state index is 12.5. The average Bonchev–Trinajstić information content (AvgIpc) is 2.74. The molecule has 2 aromatic heterocycles. The zero-order chi connectivity index (χ0) is 19.8. The van der Waals surface area contributed by atoms with Crippen molar-refractivity contribution in [1.29, 1.82) is 0 Å². The van der Waals surface area contributed by atoms with Gasteiger partial charge in [-0.2, -0.15) is 0 Å². The summed E-state index contributed by atoms with van der Waals surface area (Å²) in [5.41, 5.74) is 1.79. The van der Waals surface area contributed by atoms with Gasteiger partial charge in [-0.1, -0.05) is 18.2 Å². The van der Waals surface area contributed by atoms with E-state index in [0.29, 0.717) is 19.0 Å². The van der Waals surface area contributed by atoms with E-state index in [1.54, 1.807) is 29.4 Å². The summed E-state index contributed by atoms with van der Waals surface area (Å²) in [6, 6.07) is 17.0. The number of amides is 1. The van der Waals surface area contributed by atoms with Gasteiger partial charge in [-0.05, 0) is 70.9 Å². The Bertz CT molecular complexity index is 926. The molecule has 0 fully saturated rings. The summed E-state index contributed by atoms with van der Waals surface area (Å²) < 4.78 is 6.60. The van der Waals surface area contributed by atoms with Crippen molar-refractivity contribution in [2.75, 3.05) is 11.4 Å². The first-order valence-electron chi connectivity index (χ1n) is 8.89. The third-order valence-corrected chi connectivity index (χ3v) is 4.45. The molecule has 2 heterocycles. The number of carbonyl (C=O) groups excluding carboxylic acids is 1. The molecular formula is C22H20BrN3O2. The van der Waals surface area contributed by atoms with Gasteiger partial charge in [0.1, 0.15) is 18.2 Å². The highest BCUT2D eigenvalue weighted by Gasteiger charge is 2.12. The smallest absolute Gasteiger partial charge is 0.252 e. The number of anilines is 1. The van der Waals surface area contributed by atoms with Crippen molar-refractivity contribution >= 4 is 33.7 Å². The molecule has 0 radical (unpaired) electrons. The van der Waals surface area contributed by atoms with Crippen LogP contribution in [0.4, 0.5) is 5.82 Å². The highest BCUT2D eigenvalue weighted by atomic mass is 79.9. The number of halogens is 1. The molecule has 0 saturated heterocycles. The first-order chi connectivity index (χ1) is 13.7. The highest BCUT2D eigenvalue weighted by molar-refractivity contribution is 9.10. The van der Waals surface area contributed by atoms with E-state index in [2.05, 4.69) is 25.9 Å². The van der Waals surface area contributed by atoms with Gasteiger partial charge in [0.25, 0.3) is 5.91 Å². The Balaban J connectivity index is 1.60. The highest BCUT2D eigenvalue weighted by Crippen LogP contribution is 2.17. The molecular weight excluding hydrogens is 418 g/mol. The Labute approximate surface area is 172 Å². The van der Waals surface area contributed by atoms with Crippen molar-refractivity contribution in [2.24, 2.45) is 0 Å². The van der Waals surface area contributed by atoms with E-state index in [0.717, 1.165) is 21.5 Å². The molecule has 1 amide bonds. The SMILES string of the molecule is CCN(C(=O)/C=C/c1ccc(OCc2ccccn2)cc1)c1ccc(Br)cn1. The van der Waals surface area contributed by atoms with E-state index in [1.807, 2.05) is 61.5 Å². The van der Waals surface area contributed by atoms with Gasteiger partial charge in [0.2, 0.25) is 0 Å². The molecule has 6 heteroatoms. The van der Waals surface area contributed by atoms with Crippen LogP contribution in [-0.2, 0) is 11.4 Å². The van der Waals surface area contributed by atoms with Crippen molar-refractivity contribution in [3.8, 4) is 5.75 Å². The van der Waals surface area contributed by atoms with Crippen LogP contribution in [-0.4, -0.2) is 22.4 Å². The van der Waals surface area contributed by atoms with Gasteiger partial charge in [0, 0.05) is 29.5 Å². The van der Waals surface area contributed by atoms with Crippen molar-refractivity contribution in [2.45, 2.75) is 13.5 Å². The summed E-state index contributed by atoms with van der Waals surface area (Å²) in [6.07, 6.45) is 6.76. The second kappa shape index (κ2) is 9.80. The zero-order valence-electron chi connectivity index (χ0n) is 15.5. The molecule has 142 valence electrons. The van der Waals surface area contributed by atoms with Crippen LogP contribution < -0.4 is 9.64 Å². The van der Waals surface area contributed by atoms with Crippen LogP contribution in [0, 0.1) is 0 Å². The minimum atomic E-state index is -0.118. The molecule has 0 aliphatic rings. The third-order valence-electron chi connectivity index (χ3n) is 3.98. The Morgan fingerprint density at radius 2 is 1.93 bits per heavy atom. The lowest BCUT2D eigenvalue weighted by Crippen LogP contribution is -2.29. The van der Waals surface area contributed by atoms with Gasteiger partial charge in [-0.15, -0.1) is 0 Å². The Morgan fingerprint density at radius 1 is 1.11 bits per heavy atom. The number of carbonyl (C=O) groups is 1. The van der Waals surface area contributed by atoms with E-state index in [-0.39, 0.29) is 5.91 Å². The van der Waals surface area contributed by atoms with Crippen molar-refractivity contribution in [3.63, 3.8) is 0 Å². The molecule has 0 atom stereocenters. The lowest BCUT2D eigenvalue weighted by molar-refractivity contribution is -0.114. The lowest BCUT2D eigenvalue weighted by atomic mass is 10.2. The molecule has 3 aromatic rings. The fraction of sp³-hybridized carbons (Fsp3) is 0.136. The first kappa shape index (κ1) is 19.8. The monoisotopic (exact) mass is 437 g/mol. The first-order valence-corrected chi connectivity index (χ1v) is 9.69. The molecule has 28 heavy (non-hydrogen) atoms. The summed E-state index contributed by atoms with van der Waals surface area (Å²) in [6.45, 7) is 2.88. The van der Waals surface area contributed by atoms with Crippen molar-refractivity contribution in [1.82, 2.24) is 9.97 Å². The molecule has 0 saturated carbocycles. The summed E-state index contributed by atoms with van der Waals surface area (Å²) in [7, 11) is 0. The second-order valence-corrected chi connectivity index (χ2v) is 6.84. The number of benzene rings is 1. The standard InChI is InChI=1S/C22H20BrN3O2/c1-2-26(21-12-9-18(23)15-25-21)22(27)13-8-17-6-10-20(11-7-17)28-16-19-5-3-4-14-24-19/h3-15H,2,16H2,1H3/b13-8+. The van der Waals surface area contributed by atoms with Gasteiger partial charge in [0.05, 0.1) is 5.69 Å². The number of hydrogen-bond acceptors (Lipinski definition) is 4. The normalized spacial score (nSPS) is 10.8. The number of likely N-dealkylation sites (N-methyl/N-ethyl adjacent to an activating group) is 1. The number of rotatable bonds is 7. The fourth-order valence-electron chi connectivity index (χ4n) is 2.53. The molecule has 0 N–H and O–H groups in total. The van der Waals surface area contributed by atoms with E-state index in [1.165, 1.54) is 0 Å². The van der Waals surface area contributed by atoms with Gasteiger partial charge in [-0.25, -0.2) is 4.98 Å². The van der Waals surface area contributed by atoms with E-state index in [9.17, 15) is 4.79 Å². The van der Waals surface area contributed by atoms with Crippen LogP contribution >= 0.6 is 15.9 Å². The van der Waals surface area contributed by atoms with Gasteiger partial charge >= 0.3 is 0 Å². The summed E-state index contributed by atoms with van der Waals surface area (Å²) >= 11 is 3.35. The Morgan fingerprint density at radius 3 is 2.57 bits per heavy atom. The zero-order valence-corrected chi connectivity index (χ0v) is 17.0. The summed E-state index contributed by atoms with van der Waals surface area (Å²) in [5.74, 6) is 1.26. The largest absolute Gasteiger partial charge is 0.487 e. The summed E-state index contributed by atoms with van der Waals surface area (Å²) in [4.78, 5) is 22.6. The molecule has 0 unspecified atom stereocenters. The number of hydrogen-bond donors (Lipinski definition) is 0. The predicted molar refractivity (Wildman–Crippen MR) is 114 cm³/mol. The quantitative estimate of drug-likeness (QED) is 0.494. The van der Waals surface area contributed by atoms with E-state index in [4.69, 9.17) is 4.74 Å². The average molecular weight is 438 g/mol. The van der Waals surface area contributed by atoms with Gasteiger partial charge < -0.3 is 4.74 Å². The molecule has 0 spiro atoms. The number of pyridine rings is 2. The van der Waals surface area contributed by atoms with Crippen LogP contribution in [0.2, 0.25) is 0 Å². The van der Waals surface area contributed by atoms with Crippen LogP contribution in [0.1, 0.15) is 18.2 Å². The van der Waals surface area contributed by atoms with Gasteiger partial charge in [-0.3, -0.25) is 14.7 Å². The lowest BCUT2D eigenvalue weighted by Gasteiger charge is -2.17. The van der Waals surface area contributed by atoms with Crippen molar-refractivity contribution < 1.29 is 9.53 Å². The molecule has 3 rings (SSSR count). The summed E-state index contributed by atoms with van der Waals surface area (Å²) in [5, 5.41) is 0. The van der Waals surface area contributed by atoms with Gasteiger partial charge in [0.15, 0.2) is 0 Å². The maximum absolute atomic E-state index is 12.5. The van der Waals surface area contributed by atoms with Crippen molar-refractivity contribution in [3.05, 3.63) is 88.8 Å². The Hall–Kier alpha value is -2.99. The topological polar surface area (TPSA) is 55.3 Å². The van der Waals surface area contributed by atoms with E-state index < -0.39 is 0 Å². The van der Waals surface area contributed by atoms with Crippen LogP contribution in [0.3, 0.4) is 0 Å². The fourth-order valence-corrected chi connectivity index (χ4v) is 2.77. The van der Waals surface area contributed by atoms with E-state index >= 15 is 0 Å². The molecule has 0 aliphatic carbocycles. The third kappa shape index (κ3) is 5.50. The number of ether oxygens (including phenoxy) is 1. The minimum Gasteiger partial charge on any atom is -0.487 e. The molecule has 0 bridgehead atoms. The molecule has 0 aliphatic heterocycles. The predicted octanol–water partition coefficient (Wildman–Crippen LogP) is 4.88. The van der Waals surface area contributed by atoms with Crippen LogP contribution in [0.15, 0.2) is 77.5 Å². The van der Waals surface area contributed by atoms with Crippen LogP contribution in [0.5, 0.6) is 5.75 Å². The second-order valence-electron chi connectivity index (χ2n) is 5.93. The molecule has 5 nitrogen and oxygen atoms in total. The Kier molecular flexibility index (Phi) is 6.92. The molecule has 1 aromatic carbocycles.